The summed E-state index contributed by atoms with van der Waals surface area (Å²) >= 11 is 1.53. The molecule has 6 nitrogen and oxygen atoms in total. The zero-order valence-electron chi connectivity index (χ0n) is 10.4. The van der Waals surface area contributed by atoms with Crippen molar-refractivity contribution in [2.24, 2.45) is 0 Å². The second kappa shape index (κ2) is 4.53. The Hall–Kier alpha value is -2.54. The quantitative estimate of drug-likeness (QED) is 0.577. The van der Waals surface area contributed by atoms with Crippen LogP contribution in [0.1, 0.15) is 5.01 Å². The van der Waals surface area contributed by atoms with Crippen molar-refractivity contribution in [2.45, 2.75) is 6.54 Å². The van der Waals surface area contributed by atoms with Crippen LogP contribution < -0.4 is 0 Å². The first-order valence-corrected chi connectivity index (χ1v) is 6.96. The third-order valence-corrected chi connectivity index (χ3v) is 3.80. The Kier molecular flexibility index (Phi) is 2.56. The van der Waals surface area contributed by atoms with Gasteiger partial charge in [-0.3, -0.25) is 4.68 Å². The number of hydrogen-bond donors (Lipinski definition) is 0. The van der Waals surface area contributed by atoms with Gasteiger partial charge >= 0.3 is 0 Å². The molecule has 0 aliphatic rings. The summed E-state index contributed by atoms with van der Waals surface area (Å²) in [7, 11) is 0. The van der Waals surface area contributed by atoms with Crippen LogP contribution in [0.2, 0.25) is 0 Å². The molecule has 3 heterocycles. The van der Waals surface area contributed by atoms with Crippen molar-refractivity contribution in [1.82, 2.24) is 29.6 Å². The maximum absolute atomic E-state index is 4.57. The standard InChI is InChI=1S/C13H10N6S/c1-2-5-10(6-3-1)12-15-16-13-19(12)17-11(20-13)9-18-8-4-7-14-18/h1-8H,9H2. The van der Waals surface area contributed by atoms with E-state index in [9.17, 15) is 0 Å². The van der Waals surface area contributed by atoms with E-state index in [-0.39, 0.29) is 0 Å². The van der Waals surface area contributed by atoms with Crippen LogP contribution in [0, 0.1) is 0 Å². The molecule has 0 bridgehead atoms. The minimum absolute atomic E-state index is 0.648. The van der Waals surface area contributed by atoms with E-state index in [2.05, 4.69) is 20.4 Å². The summed E-state index contributed by atoms with van der Waals surface area (Å²) in [5.74, 6) is 0.767. The highest BCUT2D eigenvalue weighted by Gasteiger charge is 2.13. The maximum Gasteiger partial charge on any atom is 0.235 e. The van der Waals surface area contributed by atoms with Crippen molar-refractivity contribution in [3.63, 3.8) is 0 Å². The van der Waals surface area contributed by atoms with Crippen LogP contribution in [0.3, 0.4) is 0 Å². The number of nitrogens with zero attached hydrogens (tertiary/aromatic N) is 6. The molecule has 0 atom stereocenters. The Balaban J connectivity index is 1.75. The highest BCUT2D eigenvalue weighted by molar-refractivity contribution is 7.16. The fourth-order valence-corrected chi connectivity index (χ4v) is 2.85. The SMILES string of the molecule is c1ccc(-c2nnc3sc(Cn4cccn4)nn23)cc1. The molecule has 0 aliphatic heterocycles. The van der Waals surface area contributed by atoms with Crippen molar-refractivity contribution in [3.8, 4) is 11.4 Å². The molecule has 0 saturated carbocycles. The average molecular weight is 282 g/mol. The summed E-state index contributed by atoms with van der Waals surface area (Å²) in [6.07, 6.45) is 3.68. The Morgan fingerprint density at radius 1 is 1.05 bits per heavy atom. The van der Waals surface area contributed by atoms with Gasteiger partial charge in [-0.15, -0.1) is 10.2 Å². The summed E-state index contributed by atoms with van der Waals surface area (Å²) in [6.45, 7) is 0.648. The van der Waals surface area contributed by atoms with Gasteiger partial charge in [0.15, 0.2) is 5.82 Å². The molecule has 4 aromatic rings. The van der Waals surface area contributed by atoms with Crippen LogP contribution in [0.25, 0.3) is 16.3 Å². The van der Waals surface area contributed by atoms with Crippen LogP contribution >= 0.6 is 11.3 Å². The third-order valence-electron chi connectivity index (χ3n) is 2.92. The van der Waals surface area contributed by atoms with Crippen molar-refractivity contribution >= 4 is 16.3 Å². The fourth-order valence-electron chi connectivity index (χ4n) is 2.02. The summed E-state index contributed by atoms with van der Waals surface area (Å²) < 4.78 is 3.63. The minimum atomic E-state index is 0.648. The summed E-state index contributed by atoms with van der Waals surface area (Å²) in [5.41, 5.74) is 1.01. The Morgan fingerprint density at radius 3 is 2.75 bits per heavy atom. The topological polar surface area (TPSA) is 60.9 Å². The summed E-state index contributed by atoms with van der Waals surface area (Å²) in [6, 6.07) is 11.8. The van der Waals surface area contributed by atoms with Gasteiger partial charge in [0.2, 0.25) is 4.96 Å². The zero-order chi connectivity index (χ0) is 13.4. The molecule has 0 spiro atoms. The van der Waals surface area contributed by atoms with Crippen molar-refractivity contribution in [3.05, 3.63) is 53.8 Å². The van der Waals surface area contributed by atoms with Gasteiger partial charge < -0.3 is 0 Å². The Bertz CT molecular complexity index is 830. The lowest BCUT2D eigenvalue weighted by Gasteiger charge is -1.96. The molecular weight excluding hydrogens is 272 g/mol. The molecule has 0 radical (unpaired) electrons. The van der Waals surface area contributed by atoms with Crippen molar-refractivity contribution in [1.29, 1.82) is 0 Å². The molecule has 3 aromatic heterocycles. The normalized spacial score (nSPS) is 11.2. The molecule has 98 valence electrons. The fraction of sp³-hybridized carbons (Fsp3) is 0.0769. The number of hydrogen-bond acceptors (Lipinski definition) is 5. The van der Waals surface area contributed by atoms with Gasteiger partial charge in [-0.25, -0.2) is 0 Å². The number of aromatic nitrogens is 6. The van der Waals surface area contributed by atoms with E-state index in [4.69, 9.17) is 0 Å². The number of benzene rings is 1. The van der Waals surface area contributed by atoms with Gasteiger partial charge in [0.1, 0.15) is 5.01 Å². The van der Waals surface area contributed by atoms with E-state index in [0.29, 0.717) is 6.54 Å². The number of fused-ring (bicyclic) bond motifs is 1. The molecule has 20 heavy (non-hydrogen) atoms. The van der Waals surface area contributed by atoms with Gasteiger partial charge in [-0.05, 0) is 6.07 Å². The lowest BCUT2D eigenvalue weighted by atomic mass is 10.2. The van der Waals surface area contributed by atoms with E-state index in [1.165, 1.54) is 11.3 Å². The van der Waals surface area contributed by atoms with E-state index < -0.39 is 0 Å². The zero-order valence-corrected chi connectivity index (χ0v) is 11.2. The lowest BCUT2D eigenvalue weighted by molar-refractivity contribution is 0.673. The second-order valence-electron chi connectivity index (χ2n) is 4.28. The van der Waals surface area contributed by atoms with Crippen LogP contribution in [0.15, 0.2) is 48.8 Å². The highest BCUT2D eigenvalue weighted by Crippen LogP contribution is 2.21. The first-order valence-electron chi connectivity index (χ1n) is 6.14. The molecule has 1 aromatic carbocycles. The third kappa shape index (κ3) is 1.88. The molecule has 0 amide bonds. The largest absolute Gasteiger partial charge is 0.266 e. The van der Waals surface area contributed by atoms with Crippen molar-refractivity contribution in [2.75, 3.05) is 0 Å². The number of rotatable bonds is 3. The highest BCUT2D eigenvalue weighted by atomic mass is 32.1. The average Bonchev–Trinajstić information content (AvgIpc) is 3.17. The predicted molar refractivity (Wildman–Crippen MR) is 75.4 cm³/mol. The van der Waals surface area contributed by atoms with Gasteiger partial charge in [-0.2, -0.15) is 14.7 Å². The van der Waals surface area contributed by atoms with Crippen LogP contribution in [0.4, 0.5) is 0 Å². The van der Waals surface area contributed by atoms with Crippen LogP contribution in [-0.4, -0.2) is 29.6 Å². The molecular formula is C13H10N6S. The van der Waals surface area contributed by atoms with Crippen molar-refractivity contribution < 1.29 is 0 Å². The predicted octanol–water partition coefficient (Wildman–Crippen LogP) is 2.10. The Labute approximate surface area is 118 Å². The minimum Gasteiger partial charge on any atom is -0.266 e. The molecule has 0 aliphatic carbocycles. The summed E-state index contributed by atoms with van der Waals surface area (Å²) in [4.78, 5) is 0.797. The van der Waals surface area contributed by atoms with E-state index in [1.54, 1.807) is 10.7 Å². The molecule has 0 saturated heterocycles. The van der Waals surface area contributed by atoms with E-state index in [1.807, 2.05) is 47.3 Å². The molecule has 0 fully saturated rings. The van der Waals surface area contributed by atoms with Crippen LogP contribution in [-0.2, 0) is 6.54 Å². The van der Waals surface area contributed by atoms with Gasteiger partial charge in [0, 0.05) is 18.0 Å². The monoisotopic (exact) mass is 282 g/mol. The second-order valence-corrected chi connectivity index (χ2v) is 5.32. The van der Waals surface area contributed by atoms with E-state index in [0.717, 1.165) is 21.4 Å². The summed E-state index contributed by atoms with van der Waals surface area (Å²) in [5, 5.41) is 18.1. The first-order chi connectivity index (χ1) is 9.90. The molecule has 0 unspecified atom stereocenters. The smallest absolute Gasteiger partial charge is 0.235 e. The van der Waals surface area contributed by atoms with E-state index >= 15 is 0 Å². The molecule has 4 rings (SSSR count). The van der Waals surface area contributed by atoms with Crippen LogP contribution in [0.5, 0.6) is 0 Å². The molecule has 0 N–H and O–H groups in total. The molecule has 7 heteroatoms. The van der Waals surface area contributed by atoms with Gasteiger partial charge in [0.25, 0.3) is 0 Å². The lowest BCUT2D eigenvalue weighted by Crippen LogP contribution is -2.00. The maximum atomic E-state index is 4.57. The van der Waals surface area contributed by atoms with Gasteiger partial charge in [0.05, 0.1) is 6.54 Å². The first kappa shape index (κ1) is 11.3. The Morgan fingerprint density at radius 2 is 1.95 bits per heavy atom. The van der Waals surface area contributed by atoms with Gasteiger partial charge in [-0.1, -0.05) is 41.7 Å².